The zero-order valence-corrected chi connectivity index (χ0v) is 17.2. The topological polar surface area (TPSA) is 49.9 Å². The van der Waals surface area contributed by atoms with Crippen molar-refractivity contribution in [2.24, 2.45) is 0 Å². The fourth-order valence-electron chi connectivity index (χ4n) is 4.63. The number of rotatable bonds is 4. The molecule has 0 N–H and O–H groups in total. The van der Waals surface area contributed by atoms with Crippen LogP contribution in [0, 0.1) is 0 Å². The predicted octanol–water partition coefficient (Wildman–Crippen LogP) is 3.11. The van der Waals surface area contributed by atoms with Crippen LogP contribution < -0.4 is 4.74 Å². The van der Waals surface area contributed by atoms with E-state index in [9.17, 15) is 8.42 Å². The summed E-state index contributed by atoms with van der Waals surface area (Å²) in [5.74, 6) is 0.803. The highest BCUT2D eigenvalue weighted by Gasteiger charge is 2.36. The molecule has 6 heteroatoms. The first-order valence-corrected chi connectivity index (χ1v) is 11.1. The van der Waals surface area contributed by atoms with Crippen LogP contribution in [-0.2, 0) is 22.9 Å². The number of hydrogen-bond donors (Lipinski definition) is 0. The molecular weight excluding hydrogens is 360 g/mol. The molecule has 0 unspecified atom stereocenters. The van der Waals surface area contributed by atoms with Crippen LogP contribution in [0.15, 0.2) is 40.5 Å². The van der Waals surface area contributed by atoms with Crippen molar-refractivity contribution in [1.82, 2.24) is 9.21 Å². The van der Waals surface area contributed by atoms with E-state index in [0.717, 1.165) is 61.1 Å². The SMILES string of the molecule is COc1ccc(S(=O)(=O)N2CCC3=C2CCC=C3)c2c1C[C@@H](N(C)C)CC2. The van der Waals surface area contributed by atoms with Gasteiger partial charge in [0.05, 0.1) is 12.0 Å². The minimum Gasteiger partial charge on any atom is -0.496 e. The van der Waals surface area contributed by atoms with E-state index in [4.69, 9.17) is 4.74 Å². The number of fused-ring (bicyclic) bond motifs is 1. The molecule has 0 saturated carbocycles. The Balaban J connectivity index is 1.78. The van der Waals surface area contributed by atoms with Crippen LogP contribution >= 0.6 is 0 Å². The minimum absolute atomic E-state index is 0.411. The number of methoxy groups -OCH3 is 1. The van der Waals surface area contributed by atoms with E-state index in [1.54, 1.807) is 17.5 Å². The van der Waals surface area contributed by atoms with E-state index in [1.807, 2.05) is 6.07 Å². The van der Waals surface area contributed by atoms with Gasteiger partial charge >= 0.3 is 0 Å². The van der Waals surface area contributed by atoms with Gasteiger partial charge in [-0.2, -0.15) is 0 Å². The molecule has 1 aromatic rings. The van der Waals surface area contributed by atoms with Crippen molar-refractivity contribution in [3.8, 4) is 5.75 Å². The fraction of sp³-hybridized carbons (Fsp3) is 0.524. The summed E-state index contributed by atoms with van der Waals surface area (Å²) in [4.78, 5) is 2.69. The van der Waals surface area contributed by atoms with E-state index in [-0.39, 0.29) is 0 Å². The average Bonchev–Trinajstić information content (AvgIpc) is 3.11. The summed E-state index contributed by atoms with van der Waals surface area (Å²) >= 11 is 0. The molecule has 0 amide bonds. The molecule has 1 aliphatic heterocycles. The molecule has 0 radical (unpaired) electrons. The molecule has 4 rings (SSSR count). The third kappa shape index (κ3) is 3.09. The monoisotopic (exact) mass is 388 g/mol. The third-order valence-corrected chi connectivity index (χ3v) is 8.08. The molecule has 0 saturated heterocycles. The maximum Gasteiger partial charge on any atom is 0.264 e. The van der Waals surface area contributed by atoms with Gasteiger partial charge in [0.25, 0.3) is 10.0 Å². The number of benzene rings is 1. The largest absolute Gasteiger partial charge is 0.496 e. The lowest BCUT2D eigenvalue weighted by Gasteiger charge is -2.33. The Labute approximate surface area is 162 Å². The van der Waals surface area contributed by atoms with Crippen molar-refractivity contribution in [1.29, 1.82) is 0 Å². The van der Waals surface area contributed by atoms with Gasteiger partial charge in [-0.1, -0.05) is 12.2 Å². The van der Waals surface area contributed by atoms with Crippen molar-refractivity contribution >= 4 is 10.0 Å². The molecular formula is C21H28N2O3S. The highest BCUT2D eigenvalue weighted by Crippen LogP contribution is 2.40. The first-order valence-electron chi connectivity index (χ1n) is 9.70. The number of ether oxygens (including phenoxy) is 1. The van der Waals surface area contributed by atoms with Crippen molar-refractivity contribution in [2.75, 3.05) is 27.7 Å². The summed E-state index contributed by atoms with van der Waals surface area (Å²) in [7, 11) is 2.28. The maximum absolute atomic E-state index is 13.6. The predicted molar refractivity (Wildman–Crippen MR) is 106 cm³/mol. The molecule has 146 valence electrons. The highest BCUT2D eigenvalue weighted by molar-refractivity contribution is 7.89. The standard InChI is InChI=1S/C21H28N2O3S/c1-22(2)16-8-9-17-18(14-16)20(26-3)10-11-21(17)27(24,25)23-13-12-15-6-4-5-7-19(15)23/h4,6,10-11,16H,5,7-9,12-14H2,1-3H3/t16-/m0/s1. The first-order chi connectivity index (χ1) is 12.9. The second-order valence-corrected chi connectivity index (χ2v) is 9.65. The van der Waals surface area contributed by atoms with E-state index in [2.05, 4.69) is 31.1 Å². The molecule has 1 heterocycles. The molecule has 0 fully saturated rings. The Morgan fingerprint density at radius 2 is 1.96 bits per heavy atom. The van der Waals surface area contributed by atoms with Crippen molar-refractivity contribution < 1.29 is 13.2 Å². The van der Waals surface area contributed by atoms with Crippen LogP contribution in [0.4, 0.5) is 0 Å². The average molecular weight is 389 g/mol. The molecule has 27 heavy (non-hydrogen) atoms. The zero-order valence-electron chi connectivity index (χ0n) is 16.4. The Bertz CT molecular complexity index is 916. The summed E-state index contributed by atoms with van der Waals surface area (Å²) < 4.78 is 34.4. The van der Waals surface area contributed by atoms with Crippen LogP contribution in [0.2, 0.25) is 0 Å². The molecule has 1 aromatic carbocycles. The van der Waals surface area contributed by atoms with Gasteiger partial charge in [-0.15, -0.1) is 0 Å². The van der Waals surface area contributed by atoms with Crippen LogP contribution in [0.1, 0.15) is 36.8 Å². The number of nitrogens with zero attached hydrogens (tertiary/aromatic N) is 2. The summed E-state index contributed by atoms with van der Waals surface area (Å²) in [5, 5.41) is 0. The van der Waals surface area contributed by atoms with Crippen LogP contribution in [0.25, 0.3) is 0 Å². The van der Waals surface area contributed by atoms with Crippen LogP contribution in [0.5, 0.6) is 5.75 Å². The van der Waals surface area contributed by atoms with Crippen molar-refractivity contribution in [3.05, 3.63) is 46.7 Å². The summed E-state index contributed by atoms with van der Waals surface area (Å²) in [6.45, 7) is 0.554. The van der Waals surface area contributed by atoms with Gasteiger partial charge in [-0.25, -0.2) is 8.42 Å². The molecule has 0 bridgehead atoms. The van der Waals surface area contributed by atoms with Gasteiger partial charge in [-0.05, 0) is 75.9 Å². The van der Waals surface area contributed by atoms with Gasteiger partial charge in [0.2, 0.25) is 0 Å². The van der Waals surface area contributed by atoms with Crippen LogP contribution in [-0.4, -0.2) is 51.4 Å². The lowest BCUT2D eigenvalue weighted by atomic mass is 9.87. The maximum atomic E-state index is 13.6. The fourth-order valence-corrected chi connectivity index (χ4v) is 6.47. The Kier molecular flexibility index (Phi) is 4.80. The lowest BCUT2D eigenvalue weighted by Crippen LogP contribution is -2.35. The van der Waals surface area contributed by atoms with Gasteiger partial charge < -0.3 is 9.64 Å². The summed E-state index contributed by atoms with van der Waals surface area (Å²) in [6.07, 6.45) is 9.33. The summed E-state index contributed by atoms with van der Waals surface area (Å²) in [6, 6.07) is 3.99. The number of allylic oxidation sites excluding steroid dienone is 3. The first kappa shape index (κ1) is 18.6. The molecule has 1 atom stereocenters. The van der Waals surface area contributed by atoms with E-state index < -0.39 is 10.0 Å². The second-order valence-electron chi connectivity index (χ2n) is 7.82. The lowest BCUT2D eigenvalue weighted by molar-refractivity contribution is 0.263. The smallest absolute Gasteiger partial charge is 0.264 e. The van der Waals surface area contributed by atoms with Crippen molar-refractivity contribution in [2.45, 2.75) is 49.5 Å². The third-order valence-electron chi connectivity index (χ3n) is 6.15. The summed E-state index contributed by atoms with van der Waals surface area (Å²) in [5.41, 5.74) is 4.18. The molecule has 3 aliphatic rings. The Morgan fingerprint density at radius 3 is 2.70 bits per heavy atom. The normalized spacial score (nSPS) is 22.2. The van der Waals surface area contributed by atoms with Crippen LogP contribution in [0.3, 0.4) is 0 Å². The van der Waals surface area contributed by atoms with Gasteiger partial charge in [0, 0.05) is 23.8 Å². The molecule has 0 aromatic heterocycles. The van der Waals surface area contributed by atoms with Gasteiger partial charge in [0.1, 0.15) is 5.75 Å². The van der Waals surface area contributed by atoms with E-state index in [1.165, 1.54) is 5.57 Å². The molecule has 2 aliphatic carbocycles. The Hall–Kier alpha value is -1.79. The second kappa shape index (κ2) is 6.99. The highest BCUT2D eigenvalue weighted by atomic mass is 32.2. The number of sulfonamides is 1. The molecule has 5 nitrogen and oxygen atoms in total. The van der Waals surface area contributed by atoms with Gasteiger partial charge in [-0.3, -0.25) is 4.31 Å². The number of hydrogen-bond acceptors (Lipinski definition) is 4. The molecule has 0 spiro atoms. The minimum atomic E-state index is -3.54. The van der Waals surface area contributed by atoms with E-state index >= 15 is 0 Å². The Morgan fingerprint density at radius 1 is 1.15 bits per heavy atom. The van der Waals surface area contributed by atoms with Gasteiger partial charge in [0.15, 0.2) is 0 Å². The van der Waals surface area contributed by atoms with E-state index in [0.29, 0.717) is 17.5 Å². The number of likely N-dealkylation sites (N-methyl/N-ethyl adjacent to an activating group) is 1. The van der Waals surface area contributed by atoms with Crippen molar-refractivity contribution in [3.63, 3.8) is 0 Å². The zero-order chi connectivity index (χ0) is 19.2. The quantitative estimate of drug-likeness (QED) is 0.795.